The lowest BCUT2D eigenvalue weighted by Gasteiger charge is -2.24. The van der Waals surface area contributed by atoms with Gasteiger partial charge in [-0.05, 0) is 32.3 Å². The van der Waals surface area contributed by atoms with Gasteiger partial charge in [-0.25, -0.2) is 9.97 Å². The fourth-order valence-electron chi connectivity index (χ4n) is 3.92. The number of ether oxygens (including phenoxy) is 1. The van der Waals surface area contributed by atoms with Crippen LogP contribution in [0.3, 0.4) is 0 Å². The largest absolute Gasteiger partial charge is 0.494 e. The van der Waals surface area contributed by atoms with E-state index in [0.29, 0.717) is 40.0 Å². The maximum atomic E-state index is 12.1. The Morgan fingerprint density at radius 1 is 1.14 bits per heavy atom. The predicted molar refractivity (Wildman–Crippen MR) is 140 cm³/mol. The smallest absolute Gasteiger partial charge is 0.265 e. The minimum atomic E-state index is -0.562. The van der Waals surface area contributed by atoms with Crippen LogP contribution in [0, 0.1) is 0 Å². The number of para-hydroxylation sites is 1. The van der Waals surface area contributed by atoms with Crippen molar-refractivity contribution in [1.29, 1.82) is 0 Å². The lowest BCUT2D eigenvalue weighted by molar-refractivity contribution is 0.0997. The number of primary amides is 1. The molecule has 10 nitrogen and oxygen atoms in total. The molecule has 0 bridgehead atoms. The third-order valence-electron chi connectivity index (χ3n) is 5.75. The number of fused-ring (bicyclic) bond motifs is 1. The molecule has 35 heavy (non-hydrogen) atoms. The van der Waals surface area contributed by atoms with Crippen LogP contribution in [0.5, 0.6) is 5.75 Å². The first-order chi connectivity index (χ1) is 16.8. The highest BCUT2D eigenvalue weighted by Gasteiger charge is 2.19. The highest BCUT2D eigenvalue weighted by Crippen LogP contribution is 2.37. The van der Waals surface area contributed by atoms with Gasteiger partial charge in [0.15, 0.2) is 0 Å². The fourth-order valence-corrected chi connectivity index (χ4v) is 3.92. The third-order valence-corrected chi connectivity index (χ3v) is 5.75. The van der Waals surface area contributed by atoms with Crippen LogP contribution < -0.4 is 26.4 Å². The van der Waals surface area contributed by atoms with Crippen molar-refractivity contribution >= 4 is 39.8 Å². The highest BCUT2D eigenvalue weighted by atomic mass is 16.5. The van der Waals surface area contributed by atoms with Crippen LogP contribution in [-0.4, -0.2) is 67.1 Å². The van der Waals surface area contributed by atoms with Crippen molar-refractivity contribution in [2.75, 3.05) is 57.3 Å². The van der Waals surface area contributed by atoms with Crippen molar-refractivity contribution in [3.05, 3.63) is 54.4 Å². The Balaban J connectivity index is 1.68. The third kappa shape index (κ3) is 4.97. The van der Waals surface area contributed by atoms with E-state index in [9.17, 15) is 4.79 Å². The highest BCUT2D eigenvalue weighted by molar-refractivity contribution is 6.08. The molecule has 2 aromatic carbocycles. The Morgan fingerprint density at radius 2 is 1.91 bits per heavy atom. The number of carbonyl (C=O) groups is 1. The summed E-state index contributed by atoms with van der Waals surface area (Å²) in [5, 5.41) is 4.04. The first-order valence-electron chi connectivity index (χ1n) is 11.1. The summed E-state index contributed by atoms with van der Waals surface area (Å²) in [5.41, 5.74) is 16.4. The first-order valence-corrected chi connectivity index (χ1v) is 11.1. The molecule has 0 saturated carbocycles. The number of anilines is 4. The second-order valence-corrected chi connectivity index (χ2v) is 8.51. The van der Waals surface area contributed by atoms with Crippen LogP contribution in [0.15, 0.2) is 48.7 Å². The molecule has 182 valence electrons. The van der Waals surface area contributed by atoms with E-state index in [1.807, 2.05) is 51.5 Å². The van der Waals surface area contributed by atoms with E-state index >= 15 is 0 Å². The molecule has 0 saturated heterocycles. The van der Waals surface area contributed by atoms with Gasteiger partial charge in [-0.3, -0.25) is 4.79 Å². The molecule has 1 amide bonds. The number of hydrogen-bond donors (Lipinski definition) is 4. The number of benzene rings is 2. The van der Waals surface area contributed by atoms with Crippen molar-refractivity contribution in [3.8, 4) is 17.0 Å². The first kappa shape index (κ1) is 23.8. The van der Waals surface area contributed by atoms with Gasteiger partial charge < -0.3 is 36.3 Å². The van der Waals surface area contributed by atoms with Crippen LogP contribution in [-0.2, 0) is 0 Å². The van der Waals surface area contributed by atoms with E-state index in [1.54, 1.807) is 25.4 Å². The number of H-pyrrole nitrogens is 1. The molecule has 0 aliphatic rings. The second kappa shape index (κ2) is 9.90. The van der Waals surface area contributed by atoms with Crippen LogP contribution in [0.2, 0.25) is 0 Å². The minimum absolute atomic E-state index is 0.294. The quantitative estimate of drug-likeness (QED) is 0.272. The van der Waals surface area contributed by atoms with Crippen molar-refractivity contribution in [3.63, 3.8) is 0 Å². The number of rotatable bonds is 9. The lowest BCUT2D eigenvalue weighted by Crippen LogP contribution is -2.29. The van der Waals surface area contributed by atoms with Crippen LogP contribution in [0.1, 0.15) is 10.5 Å². The van der Waals surface area contributed by atoms with Gasteiger partial charge in [-0.2, -0.15) is 0 Å². The molecule has 0 fully saturated rings. The molecule has 0 aliphatic carbocycles. The monoisotopic (exact) mass is 474 g/mol. The molecule has 0 radical (unpaired) electrons. The molecule has 4 rings (SSSR count). The number of nitrogens with one attached hydrogen (secondary N) is 2. The zero-order chi connectivity index (χ0) is 25.1. The summed E-state index contributed by atoms with van der Waals surface area (Å²) in [5.74, 6) is 0.368. The molecule has 6 N–H and O–H groups in total. The van der Waals surface area contributed by atoms with Gasteiger partial charge >= 0.3 is 0 Å². The Kier molecular flexibility index (Phi) is 6.74. The predicted octanol–water partition coefficient (Wildman–Crippen LogP) is 3.06. The SMILES string of the molecule is COc1cc(N(C)CCN(C)C)c(N)cc1Nc1nccc(-c2c(C(N)=O)[nH]c3ccccc23)n1. The van der Waals surface area contributed by atoms with Gasteiger partial charge in [0, 0.05) is 48.9 Å². The summed E-state index contributed by atoms with van der Waals surface area (Å²) in [6, 6.07) is 13.0. The van der Waals surface area contributed by atoms with Gasteiger partial charge in [-0.1, -0.05) is 18.2 Å². The normalized spacial score (nSPS) is 11.1. The molecular weight excluding hydrogens is 444 g/mol. The summed E-state index contributed by atoms with van der Waals surface area (Å²) in [4.78, 5) is 28.4. The number of likely N-dealkylation sites (N-methyl/N-ethyl adjacent to an activating group) is 2. The number of nitrogens with zero attached hydrogens (tertiary/aromatic N) is 4. The summed E-state index contributed by atoms with van der Waals surface area (Å²) in [7, 11) is 7.65. The lowest BCUT2D eigenvalue weighted by atomic mass is 10.1. The summed E-state index contributed by atoms with van der Waals surface area (Å²) < 4.78 is 5.62. The molecular formula is C25H30N8O2. The van der Waals surface area contributed by atoms with E-state index in [0.717, 1.165) is 29.7 Å². The van der Waals surface area contributed by atoms with Gasteiger partial charge in [0.2, 0.25) is 5.95 Å². The average Bonchev–Trinajstić information content (AvgIpc) is 3.23. The van der Waals surface area contributed by atoms with E-state index in [1.165, 1.54) is 0 Å². The number of hydrogen-bond acceptors (Lipinski definition) is 8. The Bertz CT molecular complexity index is 1370. The number of methoxy groups -OCH3 is 1. The van der Waals surface area contributed by atoms with Crippen molar-refractivity contribution in [2.45, 2.75) is 0 Å². The van der Waals surface area contributed by atoms with E-state index < -0.39 is 5.91 Å². The molecule has 4 aromatic rings. The van der Waals surface area contributed by atoms with Gasteiger partial charge in [-0.15, -0.1) is 0 Å². The number of nitrogen functional groups attached to an aromatic ring is 1. The second-order valence-electron chi connectivity index (χ2n) is 8.51. The van der Waals surface area contributed by atoms with Crippen LogP contribution in [0.4, 0.5) is 23.0 Å². The van der Waals surface area contributed by atoms with E-state index in [-0.39, 0.29) is 0 Å². The van der Waals surface area contributed by atoms with Crippen molar-refractivity contribution in [2.24, 2.45) is 5.73 Å². The number of carbonyl (C=O) groups excluding carboxylic acids is 1. The molecule has 0 atom stereocenters. The standard InChI is InChI=1S/C25H30N8O2/c1-32(2)11-12-33(3)20-14-21(35-4)19(13-16(20)26)31-25-28-10-9-18(30-25)22-15-7-5-6-8-17(15)29-23(22)24(27)34/h5-10,13-14,29H,11-12,26H2,1-4H3,(H2,27,34)(H,28,30,31). The molecule has 2 heterocycles. The van der Waals surface area contributed by atoms with Crippen LogP contribution in [0.25, 0.3) is 22.2 Å². The number of amides is 1. The topological polar surface area (TPSA) is 138 Å². The maximum Gasteiger partial charge on any atom is 0.265 e. The zero-order valence-corrected chi connectivity index (χ0v) is 20.3. The van der Waals surface area contributed by atoms with E-state index in [2.05, 4.69) is 30.1 Å². The summed E-state index contributed by atoms with van der Waals surface area (Å²) in [6.07, 6.45) is 1.62. The molecule has 2 aromatic heterocycles. The number of aromatic amines is 1. The Morgan fingerprint density at radius 3 is 2.63 bits per heavy atom. The Hall–Kier alpha value is -4.31. The van der Waals surface area contributed by atoms with Gasteiger partial charge in [0.1, 0.15) is 11.4 Å². The average molecular weight is 475 g/mol. The minimum Gasteiger partial charge on any atom is -0.494 e. The van der Waals surface area contributed by atoms with Gasteiger partial charge in [0.05, 0.1) is 29.9 Å². The van der Waals surface area contributed by atoms with Crippen LogP contribution >= 0.6 is 0 Å². The van der Waals surface area contributed by atoms with Gasteiger partial charge in [0.25, 0.3) is 5.91 Å². The fraction of sp³-hybridized carbons (Fsp3) is 0.240. The number of aromatic nitrogens is 3. The zero-order valence-electron chi connectivity index (χ0n) is 20.3. The van der Waals surface area contributed by atoms with Crippen molar-refractivity contribution in [1.82, 2.24) is 19.9 Å². The molecule has 0 unspecified atom stereocenters. The molecule has 10 heteroatoms. The maximum absolute atomic E-state index is 12.1. The van der Waals surface area contributed by atoms with E-state index in [4.69, 9.17) is 16.2 Å². The number of nitrogens with two attached hydrogens (primary N) is 2. The summed E-state index contributed by atoms with van der Waals surface area (Å²) >= 11 is 0. The molecule has 0 spiro atoms. The molecule has 0 aliphatic heterocycles. The Labute approximate surface area is 203 Å². The van der Waals surface area contributed by atoms with Crippen molar-refractivity contribution < 1.29 is 9.53 Å². The summed E-state index contributed by atoms with van der Waals surface area (Å²) in [6.45, 7) is 1.70.